The van der Waals surface area contributed by atoms with Gasteiger partial charge < -0.3 is 10.4 Å². The monoisotopic (exact) mass is 579 g/mol. The second kappa shape index (κ2) is 12.4. The first-order valence-corrected chi connectivity index (χ1v) is 13.4. The van der Waals surface area contributed by atoms with Crippen molar-refractivity contribution in [3.8, 4) is 0 Å². The summed E-state index contributed by atoms with van der Waals surface area (Å²) in [5, 5.41) is 21.4. The van der Waals surface area contributed by atoms with Crippen LogP contribution in [0.25, 0.3) is 0 Å². The van der Waals surface area contributed by atoms with Gasteiger partial charge in [0, 0.05) is 37.3 Å². The maximum Gasteiger partial charge on any atom is 0.416 e. The minimum Gasteiger partial charge on any atom is -0.861 e. The lowest BCUT2D eigenvalue weighted by atomic mass is 9.82. The zero-order valence-corrected chi connectivity index (χ0v) is 22.6. The predicted octanol–water partition coefficient (Wildman–Crippen LogP) is 5.26. The molecule has 13 heteroatoms. The average molecular weight is 580 g/mol. The van der Waals surface area contributed by atoms with Crippen LogP contribution in [0, 0.1) is 6.92 Å². The number of carbonyl (C=O) groups is 1. The van der Waals surface area contributed by atoms with Gasteiger partial charge in [0.15, 0.2) is 6.04 Å². The summed E-state index contributed by atoms with van der Waals surface area (Å²) in [6.07, 6.45) is 5.44. The Labute approximate surface area is 239 Å². The molecule has 0 aliphatic heterocycles. The quantitative estimate of drug-likeness (QED) is 0.175. The molecule has 42 heavy (non-hydrogen) atoms. The highest BCUT2D eigenvalue weighted by Crippen LogP contribution is 2.36. The average Bonchev–Trinajstić information content (AvgIpc) is 3.42. The van der Waals surface area contributed by atoms with Crippen LogP contribution in [0.5, 0.6) is 0 Å². The highest BCUT2D eigenvalue weighted by atomic mass is 19.4. The number of rotatable bonds is 7. The fraction of sp³-hybridized carbons (Fsp3) is 0.310. The minimum absolute atomic E-state index is 0.0166. The molecule has 2 heterocycles. The van der Waals surface area contributed by atoms with E-state index < -0.39 is 23.7 Å². The number of anilines is 2. The molecule has 1 aliphatic rings. The number of aryl methyl sites for hydroxylation is 1. The Hall–Kier alpha value is -4.81. The smallest absolute Gasteiger partial charge is 0.416 e. The molecule has 2 amide bonds. The maximum absolute atomic E-state index is 13.6. The molecule has 5 rings (SSSR count). The SMILES string of the molecule is Cc1ccccc1CC([O-])=Nc1cc(NC(=O)Nc2c[n+]([C@@H]3CCC[C@H](c4cncnc4)C3)no2)cc(C(F)(F)F)c1. The molecule has 0 spiro atoms. The topological polar surface area (TPSA) is 132 Å². The van der Waals surface area contributed by atoms with Gasteiger partial charge in [-0.1, -0.05) is 24.3 Å². The first-order chi connectivity index (χ1) is 20.1. The van der Waals surface area contributed by atoms with Gasteiger partial charge in [0.05, 0.1) is 11.3 Å². The van der Waals surface area contributed by atoms with Crippen molar-refractivity contribution in [3.63, 3.8) is 0 Å². The van der Waals surface area contributed by atoms with Gasteiger partial charge in [0.25, 0.3) is 6.20 Å². The first-order valence-electron chi connectivity index (χ1n) is 13.4. The maximum atomic E-state index is 13.6. The summed E-state index contributed by atoms with van der Waals surface area (Å²) in [6, 6.07) is 9.07. The van der Waals surface area contributed by atoms with Crippen LogP contribution in [0.15, 0.2) is 76.9 Å². The van der Waals surface area contributed by atoms with E-state index in [0.717, 1.165) is 54.5 Å². The fourth-order valence-electron chi connectivity index (χ4n) is 5.05. The van der Waals surface area contributed by atoms with E-state index in [4.69, 9.17) is 4.52 Å². The van der Waals surface area contributed by atoms with Crippen molar-refractivity contribution in [1.82, 2.24) is 15.2 Å². The molecule has 1 fully saturated rings. The van der Waals surface area contributed by atoms with Crippen molar-refractivity contribution >= 4 is 29.2 Å². The highest BCUT2D eigenvalue weighted by molar-refractivity contribution is 5.99. The Bertz CT molecular complexity index is 1570. The number of urea groups is 1. The third-order valence-electron chi connectivity index (χ3n) is 7.15. The van der Waals surface area contributed by atoms with Crippen LogP contribution in [-0.4, -0.2) is 27.2 Å². The zero-order valence-electron chi connectivity index (χ0n) is 22.6. The molecule has 0 saturated heterocycles. The third-order valence-corrected chi connectivity index (χ3v) is 7.15. The van der Waals surface area contributed by atoms with Gasteiger partial charge in [-0.25, -0.2) is 14.8 Å². The largest absolute Gasteiger partial charge is 0.861 e. The van der Waals surface area contributed by atoms with E-state index in [-0.39, 0.29) is 35.6 Å². The van der Waals surface area contributed by atoms with E-state index >= 15 is 0 Å². The van der Waals surface area contributed by atoms with E-state index in [9.17, 15) is 23.1 Å². The molecule has 2 aromatic heterocycles. The number of nitrogens with zero attached hydrogens (tertiary/aromatic N) is 5. The number of hydrogen-bond acceptors (Lipinski definition) is 7. The van der Waals surface area contributed by atoms with Crippen molar-refractivity contribution in [2.75, 3.05) is 10.6 Å². The van der Waals surface area contributed by atoms with Crippen LogP contribution in [0.4, 0.5) is 35.2 Å². The standard InChI is InChI=1S/C29H28F3N7O3/c1-18-5-2-3-6-19(18)10-26(40)35-23-11-22(29(30,31)32)12-24(13-23)36-28(41)37-27-16-39(38-42-27)25-8-4-7-20(9-25)21-14-33-17-34-15-21/h2-3,5-6,11-17,20,25H,4,7-10H2,1H3,(H2-,35,36,37,38,40,41)/t20-,25+/m0/s1. The van der Waals surface area contributed by atoms with E-state index in [1.165, 1.54) is 18.6 Å². The number of alkyl halides is 3. The number of benzene rings is 2. The molecule has 1 aliphatic carbocycles. The van der Waals surface area contributed by atoms with Crippen molar-refractivity contribution < 1.29 is 32.3 Å². The zero-order chi connectivity index (χ0) is 29.7. The normalized spacial score (nSPS) is 17.6. The summed E-state index contributed by atoms with van der Waals surface area (Å²) in [4.78, 5) is 24.7. The lowest BCUT2D eigenvalue weighted by Gasteiger charge is -2.23. The molecular formula is C29H28F3N7O3. The molecule has 2 aromatic carbocycles. The number of aliphatic imine (C=N–C) groups is 1. The molecular weight excluding hydrogens is 551 g/mol. The summed E-state index contributed by atoms with van der Waals surface area (Å²) in [7, 11) is 0. The van der Waals surface area contributed by atoms with Gasteiger partial charge in [0.2, 0.25) is 5.27 Å². The van der Waals surface area contributed by atoms with Crippen LogP contribution in [0.1, 0.15) is 59.9 Å². The minimum atomic E-state index is -4.72. The second-order valence-corrected chi connectivity index (χ2v) is 10.2. The number of carbonyl (C=O) groups excluding carboxylic acids is 1. The molecule has 0 bridgehead atoms. The van der Waals surface area contributed by atoms with E-state index in [2.05, 4.69) is 30.9 Å². The summed E-state index contributed by atoms with van der Waals surface area (Å²) in [5.41, 5.74) is 1.15. The molecule has 218 valence electrons. The predicted molar refractivity (Wildman–Crippen MR) is 145 cm³/mol. The van der Waals surface area contributed by atoms with E-state index in [1.807, 2.05) is 19.1 Å². The molecule has 4 aromatic rings. The summed E-state index contributed by atoms with van der Waals surface area (Å²) < 4.78 is 47.7. The Kier molecular flexibility index (Phi) is 8.46. The summed E-state index contributed by atoms with van der Waals surface area (Å²) in [6.45, 7) is 1.83. The number of halogens is 3. The molecule has 1 saturated carbocycles. The van der Waals surface area contributed by atoms with Crippen molar-refractivity contribution in [2.45, 2.75) is 57.2 Å². The molecule has 2 atom stereocenters. The van der Waals surface area contributed by atoms with Gasteiger partial charge in [-0.15, -0.1) is 0 Å². The van der Waals surface area contributed by atoms with Crippen LogP contribution >= 0.6 is 0 Å². The third kappa shape index (κ3) is 7.28. The van der Waals surface area contributed by atoms with E-state index in [1.54, 1.807) is 29.2 Å². The number of hydrogen-bond donors (Lipinski definition) is 2. The van der Waals surface area contributed by atoms with E-state index in [0.29, 0.717) is 0 Å². The lowest BCUT2D eigenvalue weighted by molar-refractivity contribution is -0.787. The van der Waals surface area contributed by atoms with Gasteiger partial charge in [-0.2, -0.15) is 13.2 Å². The Balaban J connectivity index is 1.27. The van der Waals surface area contributed by atoms with Crippen molar-refractivity contribution in [2.24, 2.45) is 4.99 Å². The Morgan fingerprint density at radius 1 is 1.14 bits per heavy atom. The lowest BCUT2D eigenvalue weighted by Crippen LogP contribution is -2.42. The molecule has 0 unspecified atom stereocenters. The summed E-state index contributed by atoms with van der Waals surface area (Å²) in [5.74, 6) is -0.337. The Morgan fingerprint density at radius 3 is 2.69 bits per heavy atom. The molecule has 10 nitrogen and oxygen atoms in total. The second-order valence-electron chi connectivity index (χ2n) is 10.2. The Morgan fingerprint density at radius 2 is 1.93 bits per heavy atom. The first kappa shape index (κ1) is 28.7. The summed E-state index contributed by atoms with van der Waals surface area (Å²) >= 11 is 0. The van der Waals surface area contributed by atoms with Crippen LogP contribution < -0.4 is 20.4 Å². The number of aromatic nitrogens is 4. The van der Waals surface area contributed by atoms with Gasteiger partial charge in [-0.3, -0.25) is 14.8 Å². The number of nitrogens with one attached hydrogen (secondary N) is 2. The molecule has 0 radical (unpaired) electrons. The molecule has 2 N–H and O–H groups in total. The van der Waals surface area contributed by atoms with Gasteiger partial charge in [0.1, 0.15) is 6.33 Å². The number of amides is 2. The fourth-order valence-corrected chi connectivity index (χ4v) is 5.05. The highest BCUT2D eigenvalue weighted by Gasteiger charge is 2.33. The van der Waals surface area contributed by atoms with Crippen LogP contribution in [-0.2, 0) is 12.6 Å². The van der Waals surface area contributed by atoms with Crippen LogP contribution in [0.3, 0.4) is 0 Å². The van der Waals surface area contributed by atoms with Gasteiger partial charge in [-0.05, 0) is 71.2 Å². The van der Waals surface area contributed by atoms with Crippen LogP contribution in [0.2, 0.25) is 0 Å². The van der Waals surface area contributed by atoms with Crippen molar-refractivity contribution in [3.05, 3.63) is 89.6 Å². The van der Waals surface area contributed by atoms with Crippen molar-refractivity contribution in [1.29, 1.82) is 0 Å². The van der Waals surface area contributed by atoms with Gasteiger partial charge >= 0.3 is 18.1 Å².